The topological polar surface area (TPSA) is 46.5 Å². The molecule has 0 bridgehead atoms. The third kappa shape index (κ3) is 4.59. The van der Waals surface area contributed by atoms with E-state index in [1.54, 1.807) is 6.66 Å². The van der Waals surface area contributed by atoms with Crippen molar-refractivity contribution in [2.75, 3.05) is 13.8 Å². The van der Waals surface area contributed by atoms with Gasteiger partial charge < -0.3 is 9.63 Å². The molecule has 4 heteroatoms. The van der Waals surface area contributed by atoms with Crippen LogP contribution in [-0.4, -0.2) is 18.9 Å². The molecule has 0 aliphatic heterocycles. The normalized spacial score (nSPS) is 15.8. The molecular weight excluding hydrogens is 283 g/mol. The maximum Gasteiger partial charge on any atom is 0.204 e. The van der Waals surface area contributed by atoms with Crippen molar-refractivity contribution < 1.29 is 14.2 Å². The van der Waals surface area contributed by atoms with Crippen molar-refractivity contribution in [2.45, 2.75) is 58.5 Å². The predicted molar refractivity (Wildman–Crippen MR) is 89.8 cm³/mol. The van der Waals surface area contributed by atoms with Crippen molar-refractivity contribution in [1.29, 1.82) is 0 Å². The zero-order valence-electron chi connectivity index (χ0n) is 14.6. The fourth-order valence-electron chi connectivity index (χ4n) is 2.33. The molecule has 0 amide bonds. The van der Waals surface area contributed by atoms with Gasteiger partial charge in [-0.2, -0.15) is 0 Å². The first-order valence-corrected chi connectivity index (χ1v) is 9.53. The van der Waals surface area contributed by atoms with Gasteiger partial charge in [-0.25, -0.2) is 0 Å². The van der Waals surface area contributed by atoms with Crippen LogP contribution in [0.15, 0.2) is 12.1 Å². The molecule has 0 aliphatic rings. The Morgan fingerprint density at radius 3 is 1.71 bits per heavy atom. The molecule has 0 saturated carbocycles. The Balaban J connectivity index is 3.52. The Hall–Kier alpha value is -0.790. The monoisotopic (exact) mass is 312 g/mol. The average molecular weight is 312 g/mol. The Morgan fingerprint density at radius 2 is 1.43 bits per heavy atom. The maximum absolute atomic E-state index is 12.3. The molecule has 0 spiro atoms. The van der Waals surface area contributed by atoms with Gasteiger partial charge in [0.05, 0.1) is 0 Å². The summed E-state index contributed by atoms with van der Waals surface area (Å²) in [7, 11) is -1.15. The highest BCUT2D eigenvalue weighted by molar-refractivity contribution is 7.57. The van der Waals surface area contributed by atoms with Crippen molar-refractivity contribution in [3.63, 3.8) is 0 Å². The van der Waals surface area contributed by atoms with E-state index in [0.717, 1.165) is 16.7 Å². The lowest BCUT2D eigenvalue weighted by Crippen LogP contribution is -2.18. The van der Waals surface area contributed by atoms with Crippen LogP contribution in [0.1, 0.15) is 58.2 Å². The molecule has 3 nitrogen and oxygen atoms in total. The van der Waals surface area contributed by atoms with Crippen molar-refractivity contribution in [3.05, 3.63) is 28.8 Å². The smallest absolute Gasteiger partial charge is 0.204 e. The molecule has 21 heavy (non-hydrogen) atoms. The summed E-state index contributed by atoms with van der Waals surface area (Å²) in [4.78, 5) is 0. The van der Waals surface area contributed by atoms with Crippen LogP contribution in [-0.2, 0) is 26.1 Å². The largest absolute Gasteiger partial charge is 0.507 e. The number of hydrogen-bond acceptors (Lipinski definition) is 3. The van der Waals surface area contributed by atoms with Crippen molar-refractivity contribution in [1.82, 2.24) is 0 Å². The van der Waals surface area contributed by atoms with E-state index in [-0.39, 0.29) is 10.8 Å². The van der Waals surface area contributed by atoms with Gasteiger partial charge in [0.2, 0.25) is 7.37 Å². The lowest BCUT2D eigenvalue weighted by Gasteiger charge is -2.28. The second-order valence-electron chi connectivity index (χ2n) is 7.89. The number of rotatable bonds is 3. The minimum atomic E-state index is -2.64. The third-order valence-corrected chi connectivity index (χ3v) is 5.35. The zero-order valence-corrected chi connectivity index (χ0v) is 15.5. The van der Waals surface area contributed by atoms with Crippen LogP contribution >= 0.6 is 7.37 Å². The van der Waals surface area contributed by atoms with Gasteiger partial charge in [0, 0.05) is 19.9 Å². The van der Waals surface area contributed by atoms with Crippen LogP contribution < -0.4 is 0 Å². The number of phenolic OH excluding ortho intramolecular Hbond substituents is 1. The number of aromatic hydroxyl groups is 1. The molecular formula is C17H29O3P. The summed E-state index contributed by atoms with van der Waals surface area (Å²) in [6.45, 7) is 14.1. The van der Waals surface area contributed by atoms with Crippen LogP contribution in [0, 0.1) is 0 Å². The summed E-state index contributed by atoms with van der Waals surface area (Å²) >= 11 is 0. The molecule has 0 aliphatic carbocycles. The highest BCUT2D eigenvalue weighted by Gasteiger charge is 2.27. The molecule has 0 radical (unpaired) electrons. The Morgan fingerprint density at radius 1 is 1.05 bits per heavy atom. The summed E-state index contributed by atoms with van der Waals surface area (Å²) in [5.74, 6) is 0.349. The Bertz CT molecular complexity index is 527. The lowest BCUT2D eigenvalue weighted by atomic mass is 9.78. The highest BCUT2D eigenvalue weighted by atomic mass is 31.2. The molecule has 0 heterocycles. The van der Waals surface area contributed by atoms with Gasteiger partial charge >= 0.3 is 0 Å². The minimum Gasteiger partial charge on any atom is -0.507 e. The molecule has 1 N–H and O–H groups in total. The Kier molecular flexibility index (Phi) is 5.02. The van der Waals surface area contributed by atoms with Crippen LogP contribution in [0.2, 0.25) is 0 Å². The SMILES string of the molecule is COP(C)(=O)Cc1cc(C(C)(C)C)c(O)c(C(C)(C)C)c1. The van der Waals surface area contributed by atoms with Gasteiger partial charge in [0.1, 0.15) is 5.75 Å². The maximum atomic E-state index is 12.3. The molecule has 1 atom stereocenters. The molecule has 1 unspecified atom stereocenters. The molecule has 1 aromatic carbocycles. The van der Waals surface area contributed by atoms with Crippen LogP contribution in [0.25, 0.3) is 0 Å². The molecule has 1 aromatic rings. The van der Waals surface area contributed by atoms with Crippen LogP contribution in [0.4, 0.5) is 0 Å². The van der Waals surface area contributed by atoms with E-state index in [4.69, 9.17) is 4.52 Å². The second-order valence-corrected chi connectivity index (χ2v) is 10.6. The number of benzene rings is 1. The average Bonchev–Trinajstić information content (AvgIpc) is 2.28. The lowest BCUT2D eigenvalue weighted by molar-refractivity contribution is 0.397. The summed E-state index contributed by atoms with van der Waals surface area (Å²) in [5.41, 5.74) is 2.38. The quantitative estimate of drug-likeness (QED) is 0.795. The van der Waals surface area contributed by atoms with Crippen molar-refractivity contribution in [2.24, 2.45) is 0 Å². The van der Waals surface area contributed by atoms with Gasteiger partial charge in [-0.15, -0.1) is 0 Å². The van der Waals surface area contributed by atoms with Gasteiger partial charge in [0.25, 0.3) is 0 Å². The summed E-state index contributed by atoms with van der Waals surface area (Å²) < 4.78 is 17.4. The molecule has 0 fully saturated rings. The van der Waals surface area contributed by atoms with Gasteiger partial charge in [-0.3, -0.25) is 4.57 Å². The highest BCUT2D eigenvalue weighted by Crippen LogP contribution is 2.47. The van der Waals surface area contributed by atoms with E-state index in [0.29, 0.717) is 11.9 Å². The first-order valence-electron chi connectivity index (χ1n) is 7.27. The van der Waals surface area contributed by atoms with Gasteiger partial charge in [-0.05, 0) is 27.5 Å². The Labute approximate surface area is 129 Å². The fourth-order valence-corrected chi connectivity index (χ4v) is 3.30. The first kappa shape index (κ1) is 18.3. The van der Waals surface area contributed by atoms with Crippen molar-refractivity contribution in [3.8, 4) is 5.75 Å². The van der Waals surface area contributed by atoms with E-state index in [2.05, 4.69) is 41.5 Å². The molecule has 0 saturated heterocycles. The third-order valence-electron chi connectivity index (χ3n) is 3.64. The standard InChI is InChI=1S/C17H29O3P/c1-16(2,3)13-9-12(11-21(8,19)20-7)10-14(15(13)18)17(4,5)6/h9-10,18H,11H2,1-8H3. The van der Waals surface area contributed by atoms with Crippen LogP contribution in [0.3, 0.4) is 0 Å². The number of hydrogen-bond donors (Lipinski definition) is 1. The van der Waals surface area contributed by atoms with E-state index in [1.807, 2.05) is 12.1 Å². The number of phenols is 1. The van der Waals surface area contributed by atoms with Gasteiger partial charge in [0.15, 0.2) is 0 Å². The van der Waals surface area contributed by atoms with E-state index in [1.165, 1.54) is 7.11 Å². The van der Waals surface area contributed by atoms with E-state index < -0.39 is 7.37 Å². The fraction of sp³-hybridized carbons (Fsp3) is 0.647. The summed E-state index contributed by atoms with van der Waals surface area (Å²) in [5, 5.41) is 10.6. The second kappa shape index (κ2) is 5.78. The van der Waals surface area contributed by atoms with E-state index in [9.17, 15) is 9.67 Å². The van der Waals surface area contributed by atoms with E-state index >= 15 is 0 Å². The predicted octanol–water partition coefficient (Wildman–Crippen LogP) is 5.04. The summed E-state index contributed by atoms with van der Waals surface area (Å²) in [6.07, 6.45) is 0.385. The molecule has 0 aromatic heterocycles. The minimum absolute atomic E-state index is 0.176. The first-order chi connectivity index (χ1) is 9.28. The molecule has 120 valence electrons. The summed E-state index contributed by atoms with van der Waals surface area (Å²) in [6, 6.07) is 3.92. The molecule has 1 rings (SSSR count). The van der Waals surface area contributed by atoms with Crippen molar-refractivity contribution >= 4 is 7.37 Å². The zero-order chi connectivity index (χ0) is 16.6. The van der Waals surface area contributed by atoms with Gasteiger partial charge in [-0.1, -0.05) is 53.7 Å². The van der Waals surface area contributed by atoms with Crippen LogP contribution in [0.5, 0.6) is 5.75 Å².